The van der Waals surface area contributed by atoms with Crippen molar-refractivity contribution in [2.75, 3.05) is 18.0 Å². The highest BCUT2D eigenvalue weighted by molar-refractivity contribution is 5.37. The fraction of sp³-hybridized carbons (Fsp3) is 0.316. The van der Waals surface area contributed by atoms with Gasteiger partial charge in [0.25, 0.3) is 0 Å². The van der Waals surface area contributed by atoms with E-state index in [1.165, 1.54) is 18.4 Å². The maximum Gasteiger partial charge on any atom is 0.151 e. The van der Waals surface area contributed by atoms with Gasteiger partial charge in [0, 0.05) is 44.3 Å². The molecule has 0 spiro atoms. The van der Waals surface area contributed by atoms with E-state index in [9.17, 15) is 0 Å². The van der Waals surface area contributed by atoms with Gasteiger partial charge in [0.2, 0.25) is 0 Å². The van der Waals surface area contributed by atoms with Crippen LogP contribution in [-0.4, -0.2) is 39.1 Å². The largest absolute Gasteiger partial charge is 0.354 e. The number of anilines is 1. The molecule has 1 atom stereocenters. The number of hydrogen-bond donors (Lipinski definition) is 1. The lowest BCUT2D eigenvalue weighted by atomic mass is 10.1. The van der Waals surface area contributed by atoms with Crippen molar-refractivity contribution in [2.24, 2.45) is 0 Å². The highest BCUT2D eigenvalue weighted by Crippen LogP contribution is 2.17. The quantitative estimate of drug-likeness (QED) is 0.776. The molecule has 2 aromatic heterocycles. The summed E-state index contributed by atoms with van der Waals surface area (Å²) in [5, 5.41) is 16.2. The topological polar surface area (TPSA) is 58.9 Å². The summed E-state index contributed by atoms with van der Waals surface area (Å²) in [6.07, 6.45) is 7.84. The molecular weight excluding hydrogens is 312 g/mol. The minimum atomic E-state index is 0.474. The molecule has 4 rings (SSSR count). The first-order valence-electron chi connectivity index (χ1n) is 8.73. The molecule has 128 valence electrons. The monoisotopic (exact) mass is 334 g/mol. The summed E-state index contributed by atoms with van der Waals surface area (Å²) in [4.78, 5) is 2.31. The Kier molecular flexibility index (Phi) is 4.70. The van der Waals surface area contributed by atoms with E-state index >= 15 is 0 Å². The van der Waals surface area contributed by atoms with Crippen LogP contribution in [0.15, 0.2) is 61.1 Å². The summed E-state index contributed by atoms with van der Waals surface area (Å²) in [6.45, 7) is 2.90. The van der Waals surface area contributed by atoms with E-state index in [1.54, 1.807) is 12.4 Å². The van der Waals surface area contributed by atoms with Crippen LogP contribution < -0.4 is 10.2 Å². The normalized spacial score (nSPS) is 17.6. The van der Waals surface area contributed by atoms with Crippen LogP contribution in [0, 0.1) is 0 Å². The number of nitrogens with one attached hydrogen (secondary N) is 1. The lowest BCUT2D eigenvalue weighted by Gasteiger charge is -2.33. The van der Waals surface area contributed by atoms with Crippen LogP contribution in [0.3, 0.4) is 0 Å². The molecule has 1 aromatic carbocycles. The number of benzene rings is 1. The van der Waals surface area contributed by atoms with Crippen molar-refractivity contribution in [1.29, 1.82) is 0 Å². The molecular formula is C19H22N6. The van der Waals surface area contributed by atoms with Crippen molar-refractivity contribution < 1.29 is 0 Å². The Morgan fingerprint density at radius 3 is 2.76 bits per heavy atom. The van der Waals surface area contributed by atoms with E-state index in [2.05, 4.69) is 49.8 Å². The van der Waals surface area contributed by atoms with Crippen molar-refractivity contribution in [1.82, 2.24) is 25.3 Å². The third-order valence-corrected chi connectivity index (χ3v) is 4.60. The molecule has 0 aliphatic carbocycles. The van der Waals surface area contributed by atoms with E-state index in [1.807, 2.05) is 29.1 Å². The average molecular weight is 334 g/mol. The zero-order valence-corrected chi connectivity index (χ0v) is 14.1. The number of hydrogen-bond acceptors (Lipinski definition) is 5. The van der Waals surface area contributed by atoms with E-state index in [-0.39, 0.29) is 0 Å². The van der Waals surface area contributed by atoms with Gasteiger partial charge in [-0.05, 0) is 48.7 Å². The first kappa shape index (κ1) is 15.8. The first-order valence-corrected chi connectivity index (χ1v) is 8.73. The van der Waals surface area contributed by atoms with Gasteiger partial charge in [-0.2, -0.15) is 10.2 Å². The number of aromatic nitrogens is 4. The van der Waals surface area contributed by atoms with Crippen molar-refractivity contribution in [3.05, 3.63) is 66.6 Å². The Morgan fingerprint density at radius 1 is 1.08 bits per heavy atom. The van der Waals surface area contributed by atoms with Gasteiger partial charge >= 0.3 is 0 Å². The van der Waals surface area contributed by atoms with Crippen LogP contribution in [-0.2, 0) is 6.54 Å². The van der Waals surface area contributed by atoms with E-state index in [0.717, 1.165) is 31.1 Å². The fourth-order valence-electron chi connectivity index (χ4n) is 3.26. The lowest BCUT2D eigenvalue weighted by Crippen LogP contribution is -2.45. The molecule has 6 nitrogen and oxygen atoms in total. The molecule has 0 unspecified atom stereocenters. The number of nitrogens with zero attached hydrogens (tertiary/aromatic N) is 5. The van der Waals surface area contributed by atoms with Crippen LogP contribution in [0.1, 0.15) is 18.4 Å². The molecule has 3 heterocycles. The van der Waals surface area contributed by atoms with Gasteiger partial charge in [0.05, 0.1) is 5.69 Å². The molecule has 0 bridgehead atoms. The summed E-state index contributed by atoms with van der Waals surface area (Å²) >= 11 is 0. The number of piperidine rings is 1. The predicted octanol–water partition coefficient (Wildman–Crippen LogP) is 2.42. The third kappa shape index (κ3) is 3.85. The maximum absolute atomic E-state index is 4.26. The molecule has 1 aliphatic rings. The Labute approximate surface area is 147 Å². The Morgan fingerprint density at radius 2 is 2.00 bits per heavy atom. The van der Waals surface area contributed by atoms with Crippen molar-refractivity contribution in [3.8, 4) is 5.69 Å². The second-order valence-corrected chi connectivity index (χ2v) is 6.37. The van der Waals surface area contributed by atoms with Gasteiger partial charge in [-0.25, -0.2) is 4.68 Å². The Hall–Kier alpha value is -2.73. The zero-order valence-electron chi connectivity index (χ0n) is 14.1. The van der Waals surface area contributed by atoms with Crippen molar-refractivity contribution in [2.45, 2.75) is 25.4 Å². The van der Waals surface area contributed by atoms with E-state index in [4.69, 9.17) is 0 Å². The second-order valence-electron chi connectivity index (χ2n) is 6.37. The first-order chi connectivity index (χ1) is 12.4. The molecule has 0 saturated carbocycles. The van der Waals surface area contributed by atoms with E-state index < -0.39 is 0 Å². The highest BCUT2D eigenvalue weighted by atomic mass is 15.3. The van der Waals surface area contributed by atoms with Gasteiger partial charge in [-0.3, -0.25) is 0 Å². The van der Waals surface area contributed by atoms with Gasteiger partial charge in [-0.1, -0.05) is 12.1 Å². The lowest BCUT2D eigenvalue weighted by molar-refractivity contribution is 0.419. The van der Waals surface area contributed by atoms with Crippen LogP contribution in [0.2, 0.25) is 0 Å². The molecule has 1 N–H and O–H groups in total. The number of rotatable bonds is 5. The van der Waals surface area contributed by atoms with Crippen LogP contribution in [0.25, 0.3) is 5.69 Å². The van der Waals surface area contributed by atoms with Crippen LogP contribution in [0.5, 0.6) is 0 Å². The summed E-state index contributed by atoms with van der Waals surface area (Å²) in [5.74, 6) is 0.970. The standard InChI is InChI=1S/C19H22N6/c1-5-19(23-21-10-1)24-12-2-4-17(15-24)20-14-16-6-8-18(9-7-16)25-13-3-11-22-25/h1,3,5-11,13,17,20H,2,4,12,14-15H2/t17-/m0/s1. The van der Waals surface area contributed by atoms with E-state index in [0.29, 0.717) is 6.04 Å². The minimum Gasteiger partial charge on any atom is -0.354 e. The van der Waals surface area contributed by atoms with Crippen LogP contribution in [0.4, 0.5) is 5.82 Å². The summed E-state index contributed by atoms with van der Waals surface area (Å²) < 4.78 is 1.87. The molecule has 0 radical (unpaired) electrons. The molecule has 25 heavy (non-hydrogen) atoms. The van der Waals surface area contributed by atoms with Crippen LogP contribution >= 0.6 is 0 Å². The van der Waals surface area contributed by atoms with Crippen molar-refractivity contribution >= 4 is 5.82 Å². The molecule has 6 heteroatoms. The molecule has 3 aromatic rings. The second kappa shape index (κ2) is 7.44. The van der Waals surface area contributed by atoms with Gasteiger partial charge in [-0.15, -0.1) is 5.10 Å². The zero-order chi connectivity index (χ0) is 16.9. The smallest absolute Gasteiger partial charge is 0.151 e. The molecule has 0 amide bonds. The third-order valence-electron chi connectivity index (χ3n) is 4.60. The summed E-state index contributed by atoms with van der Waals surface area (Å²) in [7, 11) is 0. The predicted molar refractivity (Wildman–Crippen MR) is 97.7 cm³/mol. The Bertz CT molecular complexity index is 769. The summed E-state index contributed by atoms with van der Waals surface area (Å²) in [6, 6.07) is 14.9. The minimum absolute atomic E-state index is 0.474. The molecule has 1 aliphatic heterocycles. The van der Waals surface area contributed by atoms with Gasteiger partial charge in [0.1, 0.15) is 0 Å². The Balaban J connectivity index is 1.33. The molecule has 1 fully saturated rings. The molecule has 1 saturated heterocycles. The van der Waals surface area contributed by atoms with Crippen molar-refractivity contribution in [3.63, 3.8) is 0 Å². The SMILES string of the molecule is c1cnnc(N2CCC[C@H](NCc3ccc(-n4cccn4)cc3)C2)c1. The maximum atomic E-state index is 4.26. The van der Waals surface area contributed by atoms with Gasteiger partial charge in [0.15, 0.2) is 5.82 Å². The average Bonchev–Trinajstić information content (AvgIpc) is 3.23. The summed E-state index contributed by atoms with van der Waals surface area (Å²) in [5.41, 5.74) is 2.37. The fourth-order valence-corrected chi connectivity index (χ4v) is 3.26. The van der Waals surface area contributed by atoms with Gasteiger partial charge < -0.3 is 10.2 Å². The highest BCUT2D eigenvalue weighted by Gasteiger charge is 2.20.